The molecule has 88 valence electrons. The topological polar surface area (TPSA) is 46.5 Å². The molecule has 1 aromatic carbocycles. The predicted octanol–water partition coefficient (Wildman–Crippen LogP) is 3.51. The third kappa shape index (κ3) is 3.29. The van der Waals surface area contributed by atoms with Gasteiger partial charge in [0.05, 0.1) is 22.2 Å². The van der Waals surface area contributed by atoms with E-state index in [1.54, 1.807) is 0 Å². The summed E-state index contributed by atoms with van der Waals surface area (Å²) in [6, 6.07) is 2.65. The summed E-state index contributed by atoms with van der Waals surface area (Å²) >= 11 is 11.4. The van der Waals surface area contributed by atoms with Gasteiger partial charge in [-0.2, -0.15) is 0 Å². The first-order valence-electron chi connectivity index (χ1n) is 4.77. The second kappa shape index (κ2) is 5.41. The highest BCUT2D eigenvalue weighted by atomic mass is 35.5. The number of hydrogen-bond donors (Lipinski definition) is 1. The number of phenolic OH excluding ortho intramolecular Hbond substituents is 1. The van der Waals surface area contributed by atoms with Gasteiger partial charge in [-0.1, -0.05) is 37.0 Å². The summed E-state index contributed by atoms with van der Waals surface area (Å²) in [5, 5.41) is 9.38. The zero-order chi connectivity index (χ0) is 12.3. The van der Waals surface area contributed by atoms with E-state index < -0.39 is 5.97 Å². The van der Waals surface area contributed by atoms with Gasteiger partial charge in [-0.3, -0.25) is 0 Å². The van der Waals surface area contributed by atoms with E-state index in [9.17, 15) is 9.90 Å². The van der Waals surface area contributed by atoms with E-state index in [0.717, 1.165) is 0 Å². The maximum atomic E-state index is 11.5. The smallest absolute Gasteiger partial charge is 0.338 e. The molecule has 1 N–H and O–H groups in total. The molecule has 0 atom stereocenters. The molecule has 0 bridgehead atoms. The average Bonchev–Trinajstić information content (AvgIpc) is 2.21. The minimum absolute atomic E-state index is 0.0315. The van der Waals surface area contributed by atoms with Crippen LogP contribution in [-0.4, -0.2) is 17.7 Å². The Hall–Kier alpha value is -0.930. The number of hydrogen-bond acceptors (Lipinski definition) is 3. The first-order chi connectivity index (χ1) is 7.41. The molecule has 0 radical (unpaired) electrons. The molecule has 0 aliphatic carbocycles. The Morgan fingerprint density at radius 2 is 1.88 bits per heavy atom. The Kier molecular flexibility index (Phi) is 4.44. The minimum Gasteiger partial charge on any atom is -0.505 e. The van der Waals surface area contributed by atoms with Crippen LogP contribution in [0.2, 0.25) is 10.0 Å². The van der Waals surface area contributed by atoms with Crippen LogP contribution in [0.3, 0.4) is 0 Å². The van der Waals surface area contributed by atoms with E-state index in [1.807, 2.05) is 13.8 Å². The number of aromatic hydroxyl groups is 1. The second-order valence-corrected chi connectivity index (χ2v) is 4.60. The van der Waals surface area contributed by atoms with Crippen molar-refractivity contribution in [2.45, 2.75) is 13.8 Å². The van der Waals surface area contributed by atoms with E-state index in [-0.39, 0.29) is 27.3 Å². The molecule has 0 amide bonds. The molecule has 16 heavy (non-hydrogen) atoms. The SMILES string of the molecule is CC(C)COC(=O)c1cc(Cl)c(O)c(Cl)c1. The van der Waals surface area contributed by atoms with Gasteiger partial charge >= 0.3 is 5.97 Å². The van der Waals surface area contributed by atoms with Crippen molar-refractivity contribution >= 4 is 29.2 Å². The van der Waals surface area contributed by atoms with Crippen LogP contribution < -0.4 is 0 Å². The predicted molar refractivity (Wildman–Crippen MR) is 63.2 cm³/mol. The highest BCUT2D eigenvalue weighted by Crippen LogP contribution is 2.32. The van der Waals surface area contributed by atoms with E-state index in [2.05, 4.69) is 0 Å². The highest BCUT2D eigenvalue weighted by molar-refractivity contribution is 6.37. The largest absolute Gasteiger partial charge is 0.505 e. The monoisotopic (exact) mass is 262 g/mol. The lowest BCUT2D eigenvalue weighted by atomic mass is 10.2. The van der Waals surface area contributed by atoms with Gasteiger partial charge in [-0.15, -0.1) is 0 Å². The van der Waals surface area contributed by atoms with Gasteiger partial charge in [0.25, 0.3) is 0 Å². The van der Waals surface area contributed by atoms with Gasteiger partial charge in [-0.05, 0) is 18.1 Å². The van der Waals surface area contributed by atoms with Crippen molar-refractivity contribution in [3.63, 3.8) is 0 Å². The van der Waals surface area contributed by atoms with E-state index >= 15 is 0 Å². The van der Waals surface area contributed by atoms with Crippen molar-refractivity contribution in [1.82, 2.24) is 0 Å². The van der Waals surface area contributed by atoms with E-state index in [1.165, 1.54) is 12.1 Å². The average molecular weight is 263 g/mol. The molecule has 0 saturated heterocycles. The molecule has 0 spiro atoms. The minimum atomic E-state index is -0.502. The number of ether oxygens (including phenoxy) is 1. The Morgan fingerprint density at radius 1 is 1.38 bits per heavy atom. The van der Waals surface area contributed by atoms with Crippen LogP contribution in [0.1, 0.15) is 24.2 Å². The van der Waals surface area contributed by atoms with Crippen LogP contribution >= 0.6 is 23.2 Å². The fourth-order valence-corrected chi connectivity index (χ4v) is 1.50. The van der Waals surface area contributed by atoms with Crippen LogP contribution in [0, 0.1) is 5.92 Å². The summed E-state index contributed by atoms with van der Waals surface area (Å²) in [7, 11) is 0. The first-order valence-corrected chi connectivity index (χ1v) is 5.52. The van der Waals surface area contributed by atoms with Crippen molar-refractivity contribution < 1.29 is 14.6 Å². The van der Waals surface area contributed by atoms with Crippen LogP contribution in [-0.2, 0) is 4.74 Å². The van der Waals surface area contributed by atoms with Gasteiger partial charge in [-0.25, -0.2) is 4.79 Å². The Morgan fingerprint density at radius 3 is 2.31 bits per heavy atom. The van der Waals surface area contributed by atoms with Crippen LogP contribution in [0.15, 0.2) is 12.1 Å². The first kappa shape index (κ1) is 13.1. The molecule has 1 aromatic rings. The summed E-state index contributed by atoms with van der Waals surface area (Å²) < 4.78 is 5.00. The lowest BCUT2D eigenvalue weighted by Gasteiger charge is -2.08. The maximum Gasteiger partial charge on any atom is 0.338 e. The molecule has 0 aromatic heterocycles. The summed E-state index contributed by atoms with van der Waals surface area (Å²) in [6.45, 7) is 4.20. The lowest BCUT2D eigenvalue weighted by Crippen LogP contribution is -2.10. The second-order valence-electron chi connectivity index (χ2n) is 3.78. The number of benzene rings is 1. The highest BCUT2D eigenvalue weighted by Gasteiger charge is 2.13. The zero-order valence-corrected chi connectivity index (χ0v) is 10.5. The maximum absolute atomic E-state index is 11.5. The third-order valence-electron chi connectivity index (χ3n) is 1.80. The van der Waals surface area contributed by atoms with Crippen LogP contribution in [0.4, 0.5) is 0 Å². The summed E-state index contributed by atoms with van der Waals surface area (Å²) in [5.41, 5.74) is 0.230. The van der Waals surface area contributed by atoms with Crippen molar-refractivity contribution in [2.24, 2.45) is 5.92 Å². The Labute approximate surface area is 104 Å². The van der Waals surface area contributed by atoms with Crippen LogP contribution in [0.5, 0.6) is 5.75 Å². The molecule has 0 aliphatic rings. The zero-order valence-electron chi connectivity index (χ0n) is 8.96. The van der Waals surface area contributed by atoms with E-state index in [4.69, 9.17) is 27.9 Å². The summed E-state index contributed by atoms with van der Waals surface area (Å²) in [5.74, 6) is -0.478. The van der Waals surface area contributed by atoms with Gasteiger partial charge in [0.1, 0.15) is 0 Å². The molecular weight excluding hydrogens is 251 g/mol. The number of rotatable bonds is 3. The number of carbonyl (C=O) groups is 1. The van der Waals surface area contributed by atoms with Gasteiger partial charge in [0, 0.05) is 0 Å². The molecule has 0 aliphatic heterocycles. The molecular formula is C11H12Cl2O3. The number of esters is 1. The molecule has 0 fully saturated rings. The molecule has 0 saturated carbocycles. The third-order valence-corrected chi connectivity index (χ3v) is 2.38. The summed E-state index contributed by atoms with van der Waals surface area (Å²) in [6.07, 6.45) is 0. The van der Waals surface area contributed by atoms with Crippen molar-refractivity contribution in [3.8, 4) is 5.75 Å². The quantitative estimate of drug-likeness (QED) is 0.849. The fourth-order valence-electron chi connectivity index (χ4n) is 1.01. The van der Waals surface area contributed by atoms with Crippen molar-refractivity contribution in [3.05, 3.63) is 27.7 Å². The molecule has 5 heteroatoms. The normalized spacial score (nSPS) is 10.6. The van der Waals surface area contributed by atoms with Crippen LogP contribution in [0.25, 0.3) is 0 Å². The fraction of sp³-hybridized carbons (Fsp3) is 0.364. The number of carbonyl (C=O) groups excluding carboxylic acids is 1. The van der Waals surface area contributed by atoms with Gasteiger partial charge in [0.15, 0.2) is 5.75 Å². The number of halogens is 2. The van der Waals surface area contributed by atoms with Crippen molar-refractivity contribution in [1.29, 1.82) is 0 Å². The van der Waals surface area contributed by atoms with Gasteiger partial charge < -0.3 is 9.84 Å². The Bertz CT molecular complexity index is 379. The van der Waals surface area contributed by atoms with E-state index in [0.29, 0.717) is 6.61 Å². The molecule has 0 heterocycles. The Balaban J connectivity index is 2.84. The molecule has 0 unspecified atom stereocenters. The molecule has 1 rings (SSSR count). The van der Waals surface area contributed by atoms with Gasteiger partial charge in [0.2, 0.25) is 0 Å². The lowest BCUT2D eigenvalue weighted by molar-refractivity contribution is 0.0459. The summed E-state index contributed by atoms with van der Waals surface area (Å²) in [4.78, 5) is 11.5. The molecule has 3 nitrogen and oxygen atoms in total. The standard InChI is InChI=1S/C11H12Cl2O3/c1-6(2)5-16-11(15)7-3-8(12)10(14)9(13)4-7/h3-4,6,14H,5H2,1-2H3. The number of phenols is 1. The van der Waals surface area contributed by atoms with Crippen molar-refractivity contribution in [2.75, 3.05) is 6.61 Å².